The van der Waals surface area contributed by atoms with Gasteiger partial charge in [0.1, 0.15) is 5.58 Å². The molecule has 1 amide bonds. The molecule has 0 atom stereocenters. The van der Waals surface area contributed by atoms with Crippen LogP contribution >= 0.6 is 0 Å². The number of hydrogen-bond donors (Lipinski definition) is 1. The van der Waals surface area contributed by atoms with Crippen molar-refractivity contribution in [2.24, 2.45) is 0 Å². The predicted molar refractivity (Wildman–Crippen MR) is 110 cm³/mol. The van der Waals surface area contributed by atoms with Crippen molar-refractivity contribution in [1.29, 1.82) is 0 Å². The maximum atomic E-state index is 12.0. The molecule has 9 heteroatoms. The summed E-state index contributed by atoms with van der Waals surface area (Å²) in [7, 11) is 0. The number of rotatable bonds is 5. The smallest absolute Gasteiger partial charge is 0.411 e. The third-order valence-corrected chi connectivity index (χ3v) is 4.43. The lowest BCUT2D eigenvalue weighted by molar-refractivity contribution is 0.168. The zero-order chi connectivity index (χ0) is 21.1. The van der Waals surface area contributed by atoms with E-state index in [1.54, 1.807) is 25.1 Å². The van der Waals surface area contributed by atoms with Crippen molar-refractivity contribution in [3.05, 3.63) is 70.1 Å². The van der Waals surface area contributed by atoms with E-state index in [0.29, 0.717) is 28.0 Å². The normalized spacial score (nSPS) is 10.9. The van der Waals surface area contributed by atoms with Crippen molar-refractivity contribution in [2.75, 3.05) is 11.9 Å². The van der Waals surface area contributed by atoms with E-state index in [0.717, 1.165) is 11.1 Å². The second-order valence-electron chi connectivity index (χ2n) is 6.66. The fourth-order valence-corrected chi connectivity index (χ4v) is 3.00. The number of benzene rings is 2. The molecule has 1 N–H and O–H groups in total. The van der Waals surface area contributed by atoms with Crippen molar-refractivity contribution in [3.8, 4) is 11.4 Å². The van der Waals surface area contributed by atoms with E-state index in [1.165, 1.54) is 10.9 Å². The summed E-state index contributed by atoms with van der Waals surface area (Å²) in [6, 6.07) is 14.3. The van der Waals surface area contributed by atoms with Crippen LogP contribution in [0.4, 0.5) is 10.5 Å². The lowest BCUT2D eigenvalue weighted by Gasteiger charge is -2.08. The van der Waals surface area contributed by atoms with Gasteiger partial charge in [-0.3, -0.25) is 5.32 Å². The Labute approximate surface area is 171 Å². The number of anilines is 1. The number of nitrogens with one attached hydrogen (secondary N) is 1. The molecule has 0 aliphatic rings. The quantitative estimate of drug-likeness (QED) is 0.507. The molecule has 2 heterocycles. The molecule has 9 nitrogen and oxygen atoms in total. The first-order chi connectivity index (χ1) is 14.5. The van der Waals surface area contributed by atoms with Crippen molar-refractivity contribution < 1.29 is 13.9 Å². The summed E-state index contributed by atoms with van der Waals surface area (Å²) in [4.78, 5) is 25.1. The molecule has 4 aromatic rings. The third kappa shape index (κ3) is 4.19. The van der Waals surface area contributed by atoms with Gasteiger partial charge in [0.2, 0.25) is 5.82 Å². The Morgan fingerprint density at radius 2 is 1.97 bits per heavy atom. The Morgan fingerprint density at radius 1 is 1.17 bits per heavy atom. The van der Waals surface area contributed by atoms with Gasteiger partial charge in [0, 0.05) is 28.8 Å². The monoisotopic (exact) mass is 405 g/mol. The van der Waals surface area contributed by atoms with Crippen LogP contribution in [0.15, 0.2) is 57.7 Å². The Bertz CT molecular complexity index is 1260. The molecule has 4 rings (SSSR count). The molecule has 30 heavy (non-hydrogen) atoms. The van der Waals surface area contributed by atoms with Crippen LogP contribution in [0.3, 0.4) is 0 Å². The van der Waals surface area contributed by atoms with E-state index in [1.807, 2.05) is 31.2 Å². The van der Waals surface area contributed by atoms with Crippen LogP contribution in [0.5, 0.6) is 0 Å². The van der Waals surface area contributed by atoms with Crippen LogP contribution in [-0.2, 0) is 11.3 Å². The van der Waals surface area contributed by atoms with Gasteiger partial charge in [-0.15, -0.1) is 10.2 Å². The highest BCUT2D eigenvalue weighted by Gasteiger charge is 2.12. The number of amides is 1. The van der Waals surface area contributed by atoms with Crippen LogP contribution in [0.1, 0.15) is 18.1 Å². The summed E-state index contributed by atoms with van der Waals surface area (Å²) in [6.45, 7) is 4.22. The van der Waals surface area contributed by atoms with Crippen molar-refractivity contribution >= 4 is 22.7 Å². The van der Waals surface area contributed by atoms with Gasteiger partial charge in [-0.1, -0.05) is 29.8 Å². The van der Waals surface area contributed by atoms with E-state index < -0.39 is 11.7 Å². The highest BCUT2D eigenvalue weighted by atomic mass is 16.5. The molecule has 2 aromatic heterocycles. The zero-order valence-corrected chi connectivity index (χ0v) is 16.5. The summed E-state index contributed by atoms with van der Waals surface area (Å²) in [5.74, 6) is 0.503. The average Bonchev–Trinajstić information content (AvgIpc) is 3.17. The third-order valence-electron chi connectivity index (χ3n) is 4.43. The zero-order valence-electron chi connectivity index (χ0n) is 16.5. The van der Waals surface area contributed by atoms with Crippen molar-refractivity contribution in [3.63, 3.8) is 0 Å². The maximum Gasteiger partial charge on any atom is 0.411 e. The Balaban J connectivity index is 1.62. The molecule has 0 aliphatic heterocycles. The molecule has 0 fully saturated rings. The van der Waals surface area contributed by atoms with E-state index in [9.17, 15) is 9.59 Å². The summed E-state index contributed by atoms with van der Waals surface area (Å²) in [6.07, 6.45) is -0.578. The number of tetrazole rings is 1. The average molecular weight is 405 g/mol. The number of carbonyl (C=O) groups excluding carboxylic acids is 1. The number of aryl methyl sites for hydroxylation is 1. The molecule has 0 bridgehead atoms. The molecular weight excluding hydrogens is 386 g/mol. The first-order valence-electron chi connectivity index (χ1n) is 9.37. The van der Waals surface area contributed by atoms with Crippen LogP contribution < -0.4 is 10.9 Å². The van der Waals surface area contributed by atoms with Gasteiger partial charge in [0.15, 0.2) is 0 Å². The van der Waals surface area contributed by atoms with E-state index in [-0.39, 0.29) is 13.2 Å². The number of carbonyl (C=O) groups is 1. The minimum absolute atomic E-state index is 0.242. The second kappa shape index (κ2) is 8.16. The van der Waals surface area contributed by atoms with Crippen LogP contribution in [0.2, 0.25) is 0 Å². The van der Waals surface area contributed by atoms with Crippen molar-refractivity contribution in [1.82, 2.24) is 20.2 Å². The Hall–Kier alpha value is -4.01. The molecule has 0 saturated heterocycles. The van der Waals surface area contributed by atoms with Gasteiger partial charge in [-0.05, 0) is 36.8 Å². The standard InChI is InChI=1S/C21H19N5O4/c1-3-29-21(28)22-16-8-9-17-15(10-19(27)30-18(17)11-16)12-26-24-20(23-25-26)14-6-4-13(2)5-7-14/h4-11H,3,12H2,1-2H3,(H,22,28). The van der Waals surface area contributed by atoms with Gasteiger partial charge in [0.05, 0.1) is 13.2 Å². The van der Waals surface area contributed by atoms with Gasteiger partial charge in [-0.2, -0.15) is 4.80 Å². The molecule has 0 spiro atoms. The highest BCUT2D eigenvalue weighted by Crippen LogP contribution is 2.22. The summed E-state index contributed by atoms with van der Waals surface area (Å²) >= 11 is 0. The highest BCUT2D eigenvalue weighted by molar-refractivity contribution is 5.89. The molecular formula is C21H19N5O4. The summed E-state index contributed by atoms with van der Waals surface area (Å²) in [5, 5.41) is 15.9. The fraction of sp³-hybridized carbons (Fsp3) is 0.190. The molecule has 2 aromatic carbocycles. The molecule has 0 radical (unpaired) electrons. The maximum absolute atomic E-state index is 12.0. The van der Waals surface area contributed by atoms with Gasteiger partial charge >= 0.3 is 11.7 Å². The number of hydrogen-bond acceptors (Lipinski definition) is 7. The SMILES string of the molecule is CCOC(=O)Nc1ccc2c(Cn3nnc(-c4ccc(C)cc4)n3)cc(=O)oc2c1. The number of ether oxygens (including phenoxy) is 1. The molecule has 0 aliphatic carbocycles. The number of fused-ring (bicyclic) bond motifs is 1. The van der Waals surface area contributed by atoms with Crippen molar-refractivity contribution in [2.45, 2.75) is 20.4 Å². The van der Waals surface area contributed by atoms with Gasteiger partial charge in [0.25, 0.3) is 0 Å². The molecule has 0 unspecified atom stereocenters. The Morgan fingerprint density at radius 3 is 2.73 bits per heavy atom. The number of nitrogens with zero attached hydrogens (tertiary/aromatic N) is 4. The minimum Gasteiger partial charge on any atom is -0.450 e. The van der Waals surface area contributed by atoms with Crippen LogP contribution in [-0.4, -0.2) is 32.9 Å². The van der Waals surface area contributed by atoms with Gasteiger partial charge < -0.3 is 9.15 Å². The fourth-order valence-electron chi connectivity index (χ4n) is 3.00. The van der Waals surface area contributed by atoms with Crippen LogP contribution in [0, 0.1) is 6.92 Å². The Kier molecular flexibility index (Phi) is 5.25. The van der Waals surface area contributed by atoms with E-state index in [2.05, 4.69) is 20.7 Å². The lowest BCUT2D eigenvalue weighted by atomic mass is 10.1. The first kappa shape index (κ1) is 19.3. The lowest BCUT2D eigenvalue weighted by Crippen LogP contribution is -2.13. The molecule has 152 valence electrons. The second-order valence-corrected chi connectivity index (χ2v) is 6.66. The van der Waals surface area contributed by atoms with Crippen LogP contribution in [0.25, 0.3) is 22.4 Å². The predicted octanol–water partition coefficient (Wildman–Crippen LogP) is 3.37. The minimum atomic E-state index is -0.578. The summed E-state index contributed by atoms with van der Waals surface area (Å²) < 4.78 is 10.2. The summed E-state index contributed by atoms with van der Waals surface area (Å²) in [5.41, 5.74) is 2.97. The largest absolute Gasteiger partial charge is 0.450 e. The first-order valence-corrected chi connectivity index (χ1v) is 9.37. The van der Waals surface area contributed by atoms with Gasteiger partial charge in [-0.25, -0.2) is 9.59 Å². The molecule has 0 saturated carbocycles. The number of aromatic nitrogens is 4. The van der Waals surface area contributed by atoms with E-state index >= 15 is 0 Å². The topological polar surface area (TPSA) is 112 Å². The van der Waals surface area contributed by atoms with E-state index in [4.69, 9.17) is 9.15 Å².